The number of hydrazine groups is 1. The summed E-state index contributed by atoms with van der Waals surface area (Å²) < 4.78 is 0. The molecule has 0 aromatic heterocycles. The maximum Gasteiger partial charge on any atom is 0.321 e. The summed E-state index contributed by atoms with van der Waals surface area (Å²) in [6, 6.07) is -0.903. The molecular formula is C3H9N3O2. The summed E-state index contributed by atoms with van der Waals surface area (Å²) in [5, 5.41) is 8.09. The summed E-state index contributed by atoms with van der Waals surface area (Å²) in [4.78, 5) is 9.87. The lowest BCUT2D eigenvalue weighted by Crippen LogP contribution is -2.42. The molecule has 5 nitrogen and oxygen atoms in total. The Morgan fingerprint density at radius 2 is 2.38 bits per heavy atom. The van der Waals surface area contributed by atoms with Gasteiger partial charge in [0, 0.05) is 6.54 Å². The lowest BCUT2D eigenvalue weighted by atomic mass is 10.3. The highest BCUT2D eigenvalue weighted by atomic mass is 16.4. The monoisotopic (exact) mass is 119 g/mol. The van der Waals surface area contributed by atoms with E-state index in [1.165, 1.54) is 0 Å². The zero-order valence-electron chi connectivity index (χ0n) is 4.29. The molecule has 1 atom stereocenters. The molecule has 0 saturated heterocycles. The molecule has 0 fully saturated rings. The Balaban J connectivity index is 3.32. The summed E-state index contributed by atoms with van der Waals surface area (Å²) in [6.45, 7) is 0.0926. The molecule has 0 spiro atoms. The Kier molecular flexibility index (Phi) is 3.09. The Bertz CT molecular complexity index is 84.6. The number of carbonyl (C=O) groups is 1. The van der Waals surface area contributed by atoms with Crippen molar-refractivity contribution in [1.82, 2.24) is 5.43 Å². The first-order valence-corrected chi connectivity index (χ1v) is 2.10. The Morgan fingerprint density at radius 3 is 2.50 bits per heavy atom. The minimum Gasteiger partial charge on any atom is -0.480 e. The average molecular weight is 119 g/mol. The standard InChI is InChI=1S/C3H9N3O2/c4-2(1-6-5)3(7)8/h2,6H,1,4-5H2,(H,7,8). The second-order valence-electron chi connectivity index (χ2n) is 1.35. The number of hydrogen-bond acceptors (Lipinski definition) is 4. The third-order valence-corrected chi connectivity index (χ3v) is 0.655. The van der Waals surface area contributed by atoms with Gasteiger partial charge in [0.05, 0.1) is 0 Å². The van der Waals surface area contributed by atoms with E-state index >= 15 is 0 Å². The van der Waals surface area contributed by atoms with Gasteiger partial charge in [0.25, 0.3) is 0 Å². The van der Waals surface area contributed by atoms with Crippen LogP contribution < -0.4 is 17.0 Å². The second-order valence-corrected chi connectivity index (χ2v) is 1.35. The van der Waals surface area contributed by atoms with E-state index in [0.717, 1.165) is 0 Å². The number of hydrogen-bond donors (Lipinski definition) is 4. The highest BCUT2D eigenvalue weighted by molar-refractivity contribution is 5.73. The molecule has 1 unspecified atom stereocenters. The topological polar surface area (TPSA) is 101 Å². The molecule has 0 bridgehead atoms. The van der Waals surface area contributed by atoms with Gasteiger partial charge in [-0.2, -0.15) is 0 Å². The first kappa shape index (κ1) is 7.35. The molecule has 0 aromatic carbocycles. The van der Waals surface area contributed by atoms with E-state index < -0.39 is 12.0 Å². The summed E-state index contributed by atoms with van der Waals surface area (Å²) in [6.07, 6.45) is 0. The molecule has 0 aliphatic heterocycles. The van der Waals surface area contributed by atoms with E-state index in [-0.39, 0.29) is 6.54 Å². The second kappa shape index (κ2) is 3.36. The minimum absolute atomic E-state index is 0.0926. The molecular weight excluding hydrogens is 110 g/mol. The van der Waals surface area contributed by atoms with Gasteiger partial charge >= 0.3 is 5.97 Å². The van der Waals surface area contributed by atoms with Crippen molar-refractivity contribution in [2.45, 2.75) is 6.04 Å². The van der Waals surface area contributed by atoms with Gasteiger partial charge < -0.3 is 10.8 Å². The van der Waals surface area contributed by atoms with Gasteiger partial charge in [-0.25, -0.2) is 0 Å². The molecule has 6 N–H and O–H groups in total. The van der Waals surface area contributed by atoms with Crippen LogP contribution in [0.1, 0.15) is 0 Å². The van der Waals surface area contributed by atoms with Gasteiger partial charge in [-0.05, 0) is 0 Å². The van der Waals surface area contributed by atoms with Gasteiger partial charge in [0.15, 0.2) is 0 Å². The molecule has 0 saturated carbocycles. The van der Waals surface area contributed by atoms with E-state index in [2.05, 4.69) is 5.43 Å². The normalized spacial score (nSPS) is 13.2. The van der Waals surface area contributed by atoms with Crippen molar-refractivity contribution in [1.29, 1.82) is 0 Å². The van der Waals surface area contributed by atoms with Crippen LogP contribution in [0.4, 0.5) is 0 Å². The van der Waals surface area contributed by atoms with Crippen LogP contribution in [0.5, 0.6) is 0 Å². The molecule has 5 heteroatoms. The number of nitrogens with two attached hydrogens (primary N) is 2. The fraction of sp³-hybridized carbons (Fsp3) is 0.667. The maximum atomic E-state index is 9.87. The van der Waals surface area contributed by atoms with Crippen LogP contribution >= 0.6 is 0 Å². The van der Waals surface area contributed by atoms with Gasteiger partial charge in [0.1, 0.15) is 6.04 Å². The van der Waals surface area contributed by atoms with E-state index in [0.29, 0.717) is 0 Å². The van der Waals surface area contributed by atoms with Crippen molar-refractivity contribution >= 4 is 5.97 Å². The minimum atomic E-state index is -1.05. The molecule has 48 valence electrons. The smallest absolute Gasteiger partial charge is 0.321 e. The zero-order valence-corrected chi connectivity index (χ0v) is 4.29. The summed E-state index contributed by atoms with van der Waals surface area (Å²) in [5.74, 6) is 3.72. The maximum absolute atomic E-state index is 9.87. The predicted octanol–water partition coefficient (Wildman–Crippen LogP) is -2.14. The van der Waals surface area contributed by atoms with Gasteiger partial charge in [-0.15, -0.1) is 0 Å². The van der Waals surface area contributed by atoms with Gasteiger partial charge in [0.2, 0.25) is 0 Å². The van der Waals surface area contributed by atoms with Crippen molar-refractivity contribution in [3.63, 3.8) is 0 Å². The number of nitrogens with one attached hydrogen (secondary N) is 1. The molecule has 8 heavy (non-hydrogen) atoms. The van der Waals surface area contributed by atoms with Crippen molar-refractivity contribution in [2.75, 3.05) is 6.54 Å². The fourth-order valence-electron chi connectivity index (χ4n) is 0.214. The number of rotatable bonds is 3. The van der Waals surface area contributed by atoms with Crippen LogP contribution in [0.15, 0.2) is 0 Å². The van der Waals surface area contributed by atoms with Crippen LogP contribution in [0.25, 0.3) is 0 Å². The highest BCUT2D eigenvalue weighted by Gasteiger charge is 2.08. The van der Waals surface area contributed by atoms with E-state index in [9.17, 15) is 4.79 Å². The van der Waals surface area contributed by atoms with Crippen molar-refractivity contribution < 1.29 is 9.90 Å². The van der Waals surface area contributed by atoms with Crippen LogP contribution in [0.3, 0.4) is 0 Å². The quantitative estimate of drug-likeness (QED) is 0.251. The molecule has 0 aromatic rings. The molecule has 0 amide bonds. The SMILES string of the molecule is NNCC(N)C(=O)O. The molecule has 0 aliphatic carbocycles. The first-order valence-electron chi connectivity index (χ1n) is 2.10. The number of carboxylic acids is 1. The fourth-order valence-corrected chi connectivity index (χ4v) is 0.214. The Hall–Kier alpha value is -0.650. The van der Waals surface area contributed by atoms with Crippen LogP contribution in [0.2, 0.25) is 0 Å². The molecule has 0 aliphatic rings. The average Bonchev–Trinajstić information content (AvgIpc) is 1.67. The number of aliphatic carboxylic acids is 1. The van der Waals surface area contributed by atoms with Crippen LogP contribution in [0, 0.1) is 0 Å². The third-order valence-electron chi connectivity index (χ3n) is 0.655. The molecule has 0 heterocycles. The summed E-state index contributed by atoms with van der Waals surface area (Å²) in [7, 11) is 0. The largest absolute Gasteiger partial charge is 0.480 e. The van der Waals surface area contributed by atoms with E-state index in [1.54, 1.807) is 0 Å². The lowest BCUT2D eigenvalue weighted by molar-refractivity contribution is -0.138. The van der Waals surface area contributed by atoms with Gasteiger partial charge in [-0.3, -0.25) is 16.1 Å². The van der Waals surface area contributed by atoms with Crippen LogP contribution in [-0.2, 0) is 4.79 Å². The third kappa shape index (κ3) is 2.51. The zero-order chi connectivity index (χ0) is 6.57. The Labute approximate surface area is 46.6 Å². The predicted molar refractivity (Wildman–Crippen MR) is 27.8 cm³/mol. The van der Waals surface area contributed by atoms with Crippen molar-refractivity contribution in [2.24, 2.45) is 11.6 Å². The summed E-state index contributed by atoms with van der Waals surface area (Å²) in [5.41, 5.74) is 7.13. The number of carboxylic acid groups (broad SMARTS) is 1. The van der Waals surface area contributed by atoms with Crippen LogP contribution in [-0.4, -0.2) is 23.7 Å². The van der Waals surface area contributed by atoms with E-state index in [1.807, 2.05) is 0 Å². The van der Waals surface area contributed by atoms with Crippen molar-refractivity contribution in [3.05, 3.63) is 0 Å². The molecule has 0 rings (SSSR count). The van der Waals surface area contributed by atoms with Gasteiger partial charge in [-0.1, -0.05) is 0 Å². The highest BCUT2D eigenvalue weighted by Crippen LogP contribution is 1.70. The molecule has 0 radical (unpaired) electrons. The van der Waals surface area contributed by atoms with E-state index in [4.69, 9.17) is 16.7 Å². The lowest BCUT2D eigenvalue weighted by Gasteiger charge is -2.01. The Morgan fingerprint density at radius 1 is 1.88 bits per heavy atom. The van der Waals surface area contributed by atoms with Crippen molar-refractivity contribution in [3.8, 4) is 0 Å². The first-order chi connectivity index (χ1) is 3.68. The summed E-state index contributed by atoms with van der Waals surface area (Å²) >= 11 is 0.